The van der Waals surface area contributed by atoms with Gasteiger partial charge in [0, 0.05) is 24.9 Å². The second kappa shape index (κ2) is 10.4. The summed E-state index contributed by atoms with van der Waals surface area (Å²) in [6.45, 7) is 3.75. The first-order valence-electron chi connectivity index (χ1n) is 8.01. The van der Waals surface area contributed by atoms with Crippen LogP contribution in [0.2, 0.25) is 0 Å². The number of ether oxygens (including phenoxy) is 2. The molecule has 0 fully saturated rings. The maximum absolute atomic E-state index is 12.1. The van der Waals surface area contributed by atoms with E-state index in [1.165, 1.54) is 7.11 Å². The molecule has 1 aromatic carbocycles. The average molecular weight is 351 g/mol. The third-order valence-corrected chi connectivity index (χ3v) is 3.43. The Morgan fingerprint density at radius 1 is 1.20 bits per heavy atom. The second-order valence-electron chi connectivity index (χ2n) is 5.37. The largest absolute Gasteiger partial charge is 0.464 e. The summed E-state index contributed by atoms with van der Waals surface area (Å²) in [7, 11) is 1.50. The molecule has 0 spiro atoms. The molecule has 0 aliphatic rings. The Kier molecular flexibility index (Phi) is 8.59. The van der Waals surface area contributed by atoms with Gasteiger partial charge in [0.25, 0.3) is 5.91 Å². The smallest absolute Gasteiger partial charge is 0.328 e. The third kappa shape index (κ3) is 6.90. The molecular weight excluding hydrogens is 326 g/mol. The number of carbonyl (C=O) groups is 3. The summed E-state index contributed by atoms with van der Waals surface area (Å²) in [4.78, 5) is 35.5. The summed E-state index contributed by atoms with van der Waals surface area (Å²) in [6.07, 6.45) is -0.193. The Balaban J connectivity index is 2.59. The molecule has 0 aliphatic carbocycles. The summed E-state index contributed by atoms with van der Waals surface area (Å²) < 4.78 is 9.89. The van der Waals surface area contributed by atoms with E-state index in [2.05, 4.69) is 10.6 Å². The quantitative estimate of drug-likeness (QED) is 0.563. The van der Waals surface area contributed by atoms with Gasteiger partial charge in [0.1, 0.15) is 6.04 Å². The topological polar surface area (TPSA) is 120 Å². The van der Waals surface area contributed by atoms with Crippen molar-refractivity contribution >= 4 is 23.5 Å². The molecule has 0 saturated heterocycles. The molecule has 4 N–H and O–H groups in total. The highest BCUT2D eigenvalue weighted by atomic mass is 16.5. The predicted octanol–water partition coefficient (Wildman–Crippen LogP) is 0.670. The van der Waals surface area contributed by atoms with E-state index in [9.17, 15) is 14.4 Å². The van der Waals surface area contributed by atoms with Gasteiger partial charge >= 0.3 is 5.97 Å². The number of rotatable bonds is 9. The molecule has 25 heavy (non-hydrogen) atoms. The van der Waals surface area contributed by atoms with Crippen LogP contribution < -0.4 is 16.4 Å². The minimum absolute atomic E-state index is 0.145. The van der Waals surface area contributed by atoms with Gasteiger partial charge in [-0.25, -0.2) is 4.79 Å². The number of esters is 1. The summed E-state index contributed by atoms with van der Waals surface area (Å²) in [6, 6.07) is 5.58. The lowest BCUT2D eigenvalue weighted by molar-refractivity contribution is -0.144. The van der Waals surface area contributed by atoms with E-state index >= 15 is 0 Å². The number of amides is 2. The van der Waals surface area contributed by atoms with Crippen LogP contribution in [0, 0.1) is 0 Å². The third-order valence-electron chi connectivity index (χ3n) is 3.43. The first kappa shape index (κ1) is 20.6. The normalized spacial score (nSPS) is 12.8. The fourth-order valence-electron chi connectivity index (χ4n) is 1.99. The molecule has 0 aromatic heterocycles. The summed E-state index contributed by atoms with van der Waals surface area (Å²) in [5.41, 5.74) is 6.39. The maximum Gasteiger partial charge on any atom is 0.328 e. The van der Waals surface area contributed by atoms with E-state index < -0.39 is 17.9 Å². The van der Waals surface area contributed by atoms with Gasteiger partial charge in [0.15, 0.2) is 0 Å². The number of carbonyl (C=O) groups excluding carboxylic acids is 3. The number of nitrogens with one attached hydrogen (secondary N) is 2. The van der Waals surface area contributed by atoms with Crippen molar-refractivity contribution in [3.05, 3.63) is 29.8 Å². The highest BCUT2D eigenvalue weighted by Crippen LogP contribution is 2.11. The molecule has 0 aliphatic heterocycles. The lowest BCUT2D eigenvalue weighted by Gasteiger charge is -2.14. The van der Waals surface area contributed by atoms with Crippen LogP contribution >= 0.6 is 0 Å². The van der Waals surface area contributed by atoms with Crippen LogP contribution in [0.5, 0.6) is 0 Å². The summed E-state index contributed by atoms with van der Waals surface area (Å²) >= 11 is 0. The van der Waals surface area contributed by atoms with Crippen LogP contribution in [0.3, 0.4) is 0 Å². The van der Waals surface area contributed by atoms with Gasteiger partial charge in [-0.05, 0) is 38.1 Å². The van der Waals surface area contributed by atoms with Crippen LogP contribution in [0.25, 0.3) is 0 Å². The van der Waals surface area contributed by atoms with Crippen LogP contribution in [0.4, 0.5) is 5.69 Å². The molecule has 8 nitrogen and oxygen atoms in total. The molecule has 2 unspecified atom stereocenters. The standard InChI is InChI=1S/C17H25N3O5/c1-4-25-17(23)11(2)19-16(22)12-5-7-13(8-6-12)20-15(21)9-14(10-18)24-3/h5-8,11,14H,4,9-10,18H2,1-3H3,(H,19,22)(H,20,21). The zero-order valence-electron chi connectivity index (χ0n) is 14.7. The Hall–Kier alpha value is -2.45. The molecule has 1 aromatic rings. The van der Waals surface area contributed by atoms with Gasteiger partial charge in [0.05, 0.1) is 19.1 Å². The van der Waals surface area contributed by atoms with Gasteiger partial charge in [-0.15, -0.1) is 0 Å². The number of methoxy groups -OCH3 is 1. The molecule has 0 heterocycles. The van der Waals surface area contributed by atoms with Crippen molar-refractivity contribution < 1.29 is 23.9 Å². The van der Waals surface area contributed by atoms with E-state index in [-0.39, 0.29) is 31.6 Å². The van der Waals surface area contributed by atoms with Crippen LogP contribution in [-0.4, -0.2) is 50.2 Å². The molecule has 2 amide bonds. The molecule has 2 atom stereocenters. The van der Waals surface area contributed by atoms with Gasteiger partial charge in [0.2, 0.25) is 5.91 Å². The Labute approximate surface area is 147 Å². The van der Waals surface area contributed by atoms with Crippen molar-refractivity contribution in [2.75, 3.05) is 25.6 Å². The summed E-state index contributed by atoms with van der Waals surface area (Å²) in [5, 5.41) is 5.25. The van der Waals surface area contributed by atoms with Gasteiger partial charge < -0.3 is 25.8 Å². The van der Waals surface area contributed by atoms with E-state index in [0.717, 1.165) is 0 Å². The molecule has 0 bridgehead atoms. The van der Waals surface area contributed by atoms with E-state index in [1.807, 2.05) is 0 Å². The second-order valence-corrected chi connectivity index (χ2v) is 5.37. The molecule has 0 saturated carbocycles. The van der Waals surface area contributed by atoms with Crippen molar-refractivity contribution in [2.24, 2.45) is 5.73 Å². The fourth-order valence-corrected chi connectivity index (χ4v) is 1.99. The first-order valence-corrected chi connectivity index (χ1v) is 8.01. The van der Waals surface area contributed by atoms with E-state index in [1.54, 1.807) is 38.1 Å². The van der Waals surface area contributed by atoms with Crippen LogP contribution in [0.1, 0.15) is 30.6 Å². The monoisotopic (exact) mass is 351 g/mol. The van der Waals surface area contributed by atoms with Crippen molar-refractivity contribution in [1.82, 2.24) is 5.32 Å². The van der Waals surface area contributed by atoms with Crippen molar-refractivity contribution in [3.63, 3.8) is 0 Å². The highest BCUT2D eigenvalue weighted by Gasteiger charge is 2.17. The molecule has 1 rings (SSSR count). The molecule has 138 valence electrons. The number of benzene rings is 1. The Morgan fingerprint density at radius 3 is 2.36 bits per heavy atom. The minimum atomic E-state index is -0.742. The Bertz CT molecular complexity index is 584. The van der Waals surface area contributed by atoms with Gasteiger partial charge in [-0.3, -0.25) is 9.59 Å². The highest BCUT2D eigenvalue weighted by molar-refractivity contribution is 5.97. The lowest BCUT2D eigenvalue weighted by Crippen LogP contribution is -2.39. The van der Waals surface area contributed by atoms with Crippen molar-refractivity contribution in [1.29, 1.82) is 0 Å². The van der Waals surface area contributed by atoms with Crippen LogP contribution in [-0.2, 0) is 19.1 Å². The predicted molar refractivity (Wildman–Crippen MR) is 93.1 cm³/mol. The average Bonchev–Trinajstić information content (AvgIpc) is 2.60. The number of hydrogen-bond acceptors (Lipinski definition) is 6. The number of nitrogens with two attached hydrogens (primary N) is 1. The summed E-state index contributed by atoms with van der Waals surface area (Å²) in [5.74, 6) is -1.13. The van der Waals surface area contributed by atoms with Gasteiger partial charge in [-0.1, -0.05) is 0 Å². The van der Waals surface area contributed by atoms with Gasteiger partial charge in [-0.2, -0.15) is 0 Å². The van der Waals surface area contributed by atoms with Crippen molar-refractivity contribution in [2.45, 2.75) is 32.4 Å². The minimum Gasteiger partial charge on any atom is -0.464 e. The molecule has 0 radical (unpaired) electrons. The maximum atomic E-state index is 12.1. The zero-order valence-corrected chi connectivity index (χ0v) is 14.7. The molecule has 8 heteroatoms. The zero-order chi connectivity index (χ0) is 18.8. The Morgan fingerprint density at radius 2 is 1.84 bits per heavy atom. The first-order chi connectivity index (χ1) is 11.9. The van der Waals surface area contributed by atoms with Crippen molar-refractivity contribution in [3.8, 4) is 0 Å². The van der Waals surface area contributed by atoms with E-state index in [4.69, 9.17) is 15.2 Å². The van der Waals surface area contributed by atoms with E-state index in [0.29, 0.717) is 11.3 Å². The lowest BCUT2D eigenvalue weighted by atomic mass is 10.1. The molecular formula is C17H25N3O5. The number of hydrogen-bond donors (Lipinski definition) is 3. The van der Waals surface area contributed by atoms with Crippen LogP contribution in [0.15, 0.2) is 24.3 Å². The SMILES string of the molecule is CCOC(=O)C(C)NC(=O)c1ccc(NC(=O)CC(CN)OC)cc1. The number of anilines is 1. The fraction of sp³-hybridized carbons (Fsp3) is 0.471.